The molecule has 0 fully saturated rings. The summed E-state index contributed by atoms with van der Waals surface area (Å²) in [5.41, 5.74) is 1.99. The largest absolute Gasteiger partial charge is 0.445 e. The van der Waals surface area contributed by atoms with Gasteiger partial charge in [0.2, 0.25) is 6.17 Å². The van der Waals surface area contributed by atoms with Gasteiger partial charge in [0.25, 0.3) is 3.79 Å². The second-order valence-electron chi connectivity index (χ2n) is 7.81. The molecule has 1 heterocycles. The van der Waals surface area contributed by atoms with E-state index in [-0.39, 0.29) is 19.0 Å². The van der Waals surface area contributed by atoms with Crippen LogP contribution in [0.1, 0.15) is 17.0 Å². The number of hydrogen-bond donors (Lipinski definition) is 2. The molecule has 0 spiro atoms. The van der Waals surface area contributed by atoms with Crippen LogP contribution in [-0.2, 0) is 24.4 Å². The van der Waals surface area contributed by atoms with E-state index in [4.69, 9.17) is 39.5 Å². The topological polar surface area (TPSA) is 104 Å². The van der Waals surface area contributed by atoms with Gasteiger partial charge in [-0.05, 0) is 4.92 Å². The molecule has 0 saturated carbocycles. The number of amides is 1. The molecular formula is C23H25Cl3N5O4+. The van der Waals surface area contributed by atoms with Gasteiger partial charge in [0, 0.05) is 18.1 Å². The van der Waals surface area contributed by atoms with E-state index in [9.17, 15) is 14.9 Å². The van der Waals surface area contributed by atoms with Crippen LogP contribution >= 0.6 is 34.8 Å². The van der Waals surface area contributed by atoms with Crippen molar-refractivity contribution in [2.75, 3.05) is 6.61 Å². The molecule has 0 unspecified atom stereocenters. The lowest BCUT2D eigenvalue weighted by Gasteiger charge is -2.33. The molecule has 12 heteroatoms. The molecule has 9 nitrogen and oxygen atoms in total. The van der Waals surface area contributed by atoms with Gasteiger partial charge in [0.05, 0.1) is 0 Å². The van der Waals surface area contributed by atoms with Crippen LogP contribution in [0, 0.1) is 17.0 Å². The van der Waals surface area contributed by atoms with Crippen molar-refractivity contribution in [3.8, 4) is 0 Å². The van der Waals surface area contributed by atoms with Gasteiger partial charge in [0.1, 0.15) is 32.4 Å². The minimum absolute atomic E-state index is 0.0542. The first-order chi connectivity index (χ1) is 16.6. The van der Waals surface area contributed by atoms with E-state index < -0.39 is 21.0 Å². The highest BCUT2D eigenvalue weighted by Crippen LogP contribution is 2.28. The van der Waals surface area contributed by atoms with Gasteiger partial charge in [-0.2, -0.15) is 0 Å². The average molecular weight is 542 g/mol. The number of imidazole rings is 1. The van der Waals surface area contributed by atoms with E-state index in [1.165, 1.54) is 4.57 Å². The summed E-state index contributed by atoms with van der Waals surface area (Å²) in [5, 5.41) is 13.8. The summed E-state index contributed by atoms with van der Waals surface area (Å²) in [5.74, 6) is 0.244. The smallest absolute Gasteiger partial charge is 0.411 e. The number of benzene rings is 2. The summed E-state index contributed by atoms with van der Waals surface area (Å²) in [4.78, 5) is 28.0. The first-order valence-electron chi connectivity index (χ1n) is 10.7. The Morgan fingerprint density at radius 1 is 1.11 bits per heavy atom. The zero-order chi connectivity index (χ0) is 25.4. The highest BCUT2D eigenvalue weighted by molar-refractivity contribution is 6.68. The standard InChI is InChI=1S/C23H24Cl3N5O4/c1-17-27-14-20(31(33)34)30(17)12-13-35-22(32)28-21(23(24,25)26)29(15-18-8-4-2-5-9-18)16-19-10-6-3-7-11-19/h2-11,14,21H,12-13,15-16H2,1H3,(H,28,32)/p+1/t21-/m0/s1. The van der Waals surface area contributed by atoms with Gasteiger partial charge in [-0.3, -0.25) is 5.32 Å². The van der Waals surface area contributed by atoms with Crippen LogP contribution in [0.15, 0.2) is 66.9 Å². The summed E-state index contributed by atoms with van der Waals surface area (Å²) < 4.78 is 4.77. The fourth-order valence-electron chi connectivity index (χ4n) is 3.67. The molecule has 0 bridgehead atoms. The number of carbonyl (C=O) groups excluding carboxylic acids is 1. The van der Waals surface area contributed by atoms with Crippen molar-refractivity contribution in [2.24, 2.45) is 0 Å². The van der Waals surface area contributed by atoms with Crippen molar-refractivity contribution < 1.29 is 19.4 Å². The number of nitrogens with one attached hydrogen (secondary N) is 2. The van der Waals surface area contributed by atoms with Crippen molar-refractivity contribution in [3.63, 3.8) is 0 Å². The molecule has 2 N–H and O–H groups in total. The van der Waals surface area contributed by atoms with Gasteiger partial charge in [-0.25, -0.2) is 14.3 Å². The van der Waals surface area contributed by atoms with E-state index >= 15 is 0 Å². The normalized spacial score (nSPS) is 12.4. The molecule has 0 aliphatic carbocycles. The maximum absolute atomic E-state index is 12.7. The molecule has 1 atom stereocenters. The molecule has 0 aliphatic heterocycles. The predicted octanol–water partition coefficient (Wildman–Crippen LogP) is 3.81. The number of aryl methyl sites for hydroxylation is 1. The Hall–Kier alpha value is -2.85. The lowest BCUT2D eigenvalue weighted by Crippen LogP contribution is -3.17. The maximum Gasteiger partial charge on any atom is 0.411 e. The predicted molar refractivity (Wildman–Crippen MR) is 133 cm³/mol. The van der Waals surface area contributed by atoms with E-state index in [1.54, 1.807) is 6.92 Å². The maximum atomic E-state index is 12.7. The third-order valence-corrected chi connectivity index (χ3v) is 5.97. The van der Waals surface area contributed by atoms with Crippen LogP contribution in [0.4, 0.5) is 10.6 Å². The fourth-order valence-corrected chi connectivity index (χ4v) is 4.29. The van der Waals surface area contributed by atoms with Crippen molar-refractivity contribution in [2.45, 2.75) is 36.5 Å². The number of aromatic nitrogens is 2. The van der Waals surface area contributed by atoms with Crippen molar-refractivity contribution in [3.05, 3.63) is 93.9 Å². The van der Waals surface area contributed by atoms with Gasteiger partial charge in [-0.15, -0.1) is 0 Å². The van der Waals surface area contributed by atoms with Crippen molar-refractivity contribution in [1.29, 1.82) is 0 Å². The molecule has 3 rings (SSSR count). The molecule has 0 aliphatic rings. The molecule has 35 heavy (non-hydrogen) atoms. The van der Waals surface area contributed by atoms with Crippen molar-refractivity contribution in [1.82, 2.24) is 14.9 Å². The van der Waals surface area contributed by atoms with E-state index in [1.807, 2.05) is 60.7 Å². The van der Waals surface area contributed by atoms with Gasteiger partial charge >= 0.3 is 11.9 Å². The zero-order valence-corrected chi connectivity index (χ0v) is 21.1. The lowest BCUT2D eigenvalue weighted by molar-refractivity contribution is -0.954. The Morgan fingerprint density at radius 2 is 1.66 bits per heavy atom. The first-order valence-corrected chi connectivity index (χ1v) is 11.9. The van der Waals surface area contributed by atoms with Gasteiger partial charge in [-0.1, -0.05) is 95.5 Å². The third kappa shape index (κ3) is 7.83. The zero-order valence-electron chi connectivity index (χ0n) is 18.9. The number of carbonyl (C=O) groups is 1. The Bertz CT molecular complexity index is 1080. The van der Waals surface area contributed by atoms with Crippen LogP contribution in [0.25, 0.3) is 0 Å². The van der Waals surface area contributed by atoms with E-state index in [2.05, 4.69) is 10.3 Å². The second kappa shape index (κ2) is 12.2. The van der Waals surface area contributed by atoms with E-state index in [0.717, 1.165) is 22.2 Å². The number of hydrogen-bond acceptors (Lipinski definition) is 5. The highest BCUT2D eigenvalue weighted by Gasteiger charge is 2.42. The van der Waals surface area contributed by atoms with Crippen LogP contribution in [-0.4, -0.2) is 37.1 Å². The van der Waals surface area contributed by atoms with Gasteiger partial charge in [0.15, 0.2) is 5.82 Å². The quantitative estimate of drug-likeness (QED) is 0.176. The summed E-state index contributed by atoms with van der Waals surface area (Å²) in [6, 6.07) is 19.3. The number of nitro groups is 1. The van der Waals surface area contributed by atoms with E-state index in [0.29, 0.717) is 18.9 Å². The Kier molecular flexibility index (Phi) is 9.33. The minimum atomic E-state index is -1.85. The molecule has 186 valence electrons. The van der Waals surface area contributed by atoms with Crippen LogP contribution in [0.3, 0.4) is 0 Å². The lowest BCUT2D eigenvalue weighted by atomic mass is 10.1. The summed E-state index contributed by atoms with van der Waals surface area (Å²) >= 11 is 18.9. The van der Waals surface area contributed by atoms with Crippen LogP contribution in [0.2, 0.25) is 0 Å². The summed E-state index contributed by atoms with van der Waals surface area (Å²) in [6.45, 7) is 2.48. The third-order valence-electron chi connectivity index (χ3n) is 5.31. The highest BCUT2D eigenvalue weighted by atomic mass is 35.6. The van der Waals surface area contributed by atoms with Gasteiger partial charge < -0.3 is 19.8 Å². The number of nitrogens with zero attached hydrogens (tertiary/aromatic N) is 3. The minimum Gasteiger partial charge on any atom is -0.445 e. The number of alkyl carbamates (subject to hydrolysis) is 1. The number of rotatable bonds is 10. The average Bonchev–Trinajstić information content (AvgIpc) is 3.18. The SMILES string of the molecule is Cc1ncc([N+](=O)[O-])n1CCOC(=O)N[C@@H]([NH+](Cc1ccccc1)Cc1ccccc1)C(Cl)(Cl)Cl. The molecule has 2 aromatic carbocycles. The number of ether oxygens (including phenoxy) is 1. The molecule has 3 aromatic rings. The molecule has 0 radical (unpaired) electrons. The second-order valence-corrected chi connectivity index (χ2v) is 10.2. The Morgan fingerprint density at radius 3 is 2.14 bits per heavy atom. The number of halogens is 3. The molecule has 1 amide bonds. The molecule has 0 saturated heterocycles. The monoisotopic (exact) mass is 540 g/mol. The summed E-state index contributed by atoms with van der Waals surface area (Å²) in [6.07, 6.45) is -0.604. The van der Waals surface area contributed by atoms with Crippen LogP contribution < -0.4 is 10.2 Å². The molecule has 1 aromatic heterocycles. The number of alkyl halides is 3. The molecular weight excluding hydrogens is 517 g/mol. The summed E-state index contributed by atoms with van der Waals surface area (Å²) in [7, 11) is 0. The Labute approximate surface area is 217 Å². The van der Waals surface area contributed by atoms with Crippen LogP contribution in [0.5, 0.6) is 0 Å². The number of quaternary nitrogens is 1. The first kappa shape index (κ1) is 26.7. The Balaban J connectivity index is 1.72. The van der Waals surface area contributed by atoms with Crippen molar-refractivity contribution >= 4 is 46.7 Å². The fraction of sp³-hybridized carbons (Fsp3) is 0.304.